The molecule has 1 aliphatic heterocycles. The summed E-state index contributed by atoms with van der Waals surface area (Å²) in [5.74, 6) is 0. The van der Waals surface area contributed by atoms with E-state index in [1.54, 1.807) is 0 Å². The van der Waals surface area contributed by atoms with E-state index in [4.69, 9.17) is 4.74 Å². The molecule has 0 amide bonds. The van der Waals surface area contributed by atoms with Crippen LogP contribution in [0.3, 0.4) is 0 Å². The lowest BCUT2D eigenvalue weighted by Crippen LogP contribution is -2.45. The van der Waals surface area contributed by atoms with Gasteiger partial charge in [-0.05, 0) is 50.9 Å². The Labute approximate surface area is 129 Å². The van der Waals surface area contributed by atoms with Gasteiger partial charge in [0.05, 0.1) is 12.7 Å². The molecule has 118 valence electrons. The zero-order chi connectivity index (χ0) is 15.4. The molecule has 1 aromatic rings. The number of morpholine rings is 1. The Kier molecular flexibility index (Phi) is 5.80. The van der Waals surface area contributed by atoms with Gasteiger partial charge in [0.15, 0.2) is 0 Å². The van der Waals surface area contributed by atoms with Crippen molar-refractivity contribution >= 4 is 0 Å². The average molecular weight is 290 g/mol. The van der Waals surface area contributed by atoms with Gasteiger partial charge in [-0.3, -0.25) is 4.90 Å². The SMILES string of the molecule is CCNC(CN1CCOC(C)C1)c1c(C)cc(C)cc1C. The summed E-state index contributed by atoms with van der Waals surface area (Å²) in [6.07, 6.45) is 0.348. The molecule has 1 aromatic carbocycles. The second-order valence-corrected chi connectivity index (χ2v) is 6.36. The lowest BCUT2D eigenvalue weighted by Gasteiger charge is -2.35. The minimum absolute atomic E-state index is 0.348. The van der Waals surface area contributed by atoms with Crippen molar-refractivity contribution in [2.75, 3.05) is 32.8 Å². The van der Waals surface area contributed by atoms with E-state index in [-0.39, 0.29) is 0 Å². The number of rotatable bonds is 5. The largest absolute Gasteiger partial charge is 0.376 e. The first-order valence-corrected chi connectivity index (χ1v) is 8.16. The maximum absolute atomic E-state index is 5.66. The topological polar surface area (TPSA) is 24.5 Å². The highest BCUT2D eigenvalue weighted by Gasteiger charge is 2.22. The fraction of sp³-hybridized carbons (Fsp3) is 0.667. The molecular weight excluding hydrogens is 260 g/mol. The van der Waals surface area contributed by atoms with Gasteiger partial charge in [-0.2, -0.15) is 0 Å². The number of hydrogen-bond acceptors (Lipinski definition) is 3. The van der Waals surface area contributed by atoms with E-state index < -0.39 is 0 Å². The Bertz CT molecular complexity index is 449. The maximum atomic E-state index is 5.66. The van der Waals surface area contributed by atoms with Crippen molar-refractivity contribution in [1.82, 2.24) is 10.2 Å². The predicted octanol–water partition coefficient (Wildman–Crippen LogP) is 2.98. The highest BCUT2D eigenvalue weighted by atomic mass is 16.5. The van der Waals surface area contributed by atoms with E-state index in [1.807, 2.05) is 0 Å². The summed E-state index contributed by atoms with van der Waals surface area (Å²) in [5.41, 5.74) is 5.63. The van der Waals surface area contributed by atoms with E-state index in [0.29, 0.717) is 12.1 Å². The molecular formula is C18H30N2O. The van der Waals surface area contributed by atoms with Crippen LogP contribution in [0.2, 0.25) is 0 Å². The Hall–Kier alpha value is -0.900. The number of benzene rings is 1. The molecule has 2 rings (SSSR count). The lowest BCUT2D eigenvalue weighted by molar-refractivity contribution is -0.0210. The van der Waals surface area contributed by atoms with Gasteiger partial charge < -0.3 is 10.1 Å². The van der Waals surface area contributed by atoms with E-state index in [0.717, 1.165) is 32.8 Å². The Morgan fingerprint density at radius 2 is 1.95 bits per heavy atom. The zero-order valence-electron chi connectivity index (χ0n) is 14.2. The van der Waals surface area contributed by atoms with E-state index >= 15 is 0 Å². The van der Waals surface area contributed by atoms with Gasteiger partial charge in [0.2, 0.25) is 0 Å². The molecule has 3 heteroatoms. The number of ether oxygens (including phenoxy) is 1. The third-order valence-electron chi connectivity index (χ3n) is 4.30. The second kappa shape index (κ2) is 7.39. The van der Waals surface area contributed by atoms with Crippen LogP contribution in [-0.4, -0.2) is 43.8 Å². The molecule has 0 aromatic heterocycles. The smallest absolute Gasteiger partial charge is 0.0674 e. The second-order valence-electron chi connectivity index (χ2n) is 6.36. The van der Waals surface area contributed by atoms with E-state index in [2.05, 4.69) is 57.0 Å². The van der Waals surface area contributed by atoms with Gasteiger partial charge in [0, 0.05) is 25.7 Å². The molecule has 21 heavy (non-hydrogen) atoms. The molecule has 1 N–H and O–H groups in total. The molecule has 1 aliphatic rings. The number of aryl methyl sites for hydroxylation is 3. The van der Waals surface area contributed by atoms with E-state index in [9.17, 15) is 0 Å². The molecule has 1 heterocycles. The number of nitrogens with one attached hydrogen (secondary N) is 1. The van der Waals surface area contributed by atoms with Crippen LogP contribution in [0.5, 0.6) is 0 Å². The summed E-state index contributed by atoms with van der Waals surface area (Å²) in [7, 11) is 0. The summed E-state index contributed by atoms with van der Waals surface area (Å²) in [5, 5.41) is 3.68. The first-order valence-electron chi connectivity index (χ1n) is 8.16. The summed E-state index contributed by atoms with van der Waals surface area (Å²) >= 11 is 0. The fourth-order valence-electron chi connectivity index (χ4n) is 3.56. The molecule has 1 fully saturated rings. The summed E-state index contributed by atoms with van der Waals surface area (Å²) in [6, 6.07) is 5.00. The summed E-state index contributed by atoms with van der Waals surface area (Å²) in [4.78, 5) is 2.53. The molecule has 0 bridgehead atoms. The highest BCUT2D eigenvalue weighted by Crippen LogP contribution is 2.25. The van der Waals surface area contributed by atoms with Crippen molar-refractivity contribution in [3.63, 3.8) is 0 Å². The van der Waals surface area contributed by atoms with Crippen molar-refractivity contribution in [2.24, 2.45) is 0 Å². The van der Waals surface area contributed by atoms with Gasteiger partial charge in [-0.1, -0.05) is 24.6 Å². The van der Waals surface area contributed by atoms with Crippen LogP contribution in [0.4, 0.5) is 0 Å². The first-order chi connectivity index (χ1) is 10.0. The molecule has 3 nitrogen and oxygen atoms in total. The Morgan fingerprint density at radius 1 is 1.29 bits per heavy atom. The molecule has 0 aliphatic carbocycles. The minimum Gasteiger partial charge on any atom is -0.376 e. The maximum Gasteiger partial charge on any atom is 0.0674 e. The van der Waals surface area contributed by atoms with Crippen molar-refractivity contribution in [2.45, 2.75) is 46.8 Å². The first kappa shape index (κ1) is 16.5. The van der Waals surface area contributed by atoms with Crippen LogP contribution < -0.4 is 5.32 Å². The molecule has 0 saturated carbocycles. The number of nitrogens with zero attached hydrogens (tertiary/aromatic N) is 1. The Balaban J connectivity index is 2.18. The van der Waals surface area contributed by atoms with Crippen molar-refractivity contribution < 1.29 is 4.74 Å². The van der Waals surface area contributed by atoms with Gasteiger partial charge in [0.1, 0.15) is 0 Å². The van der Waals surface area contributed by atoms with Crippen molar-refractivity contribution in [1.29, 1.82) is 0 Å². The third-order valence-corrected chi connectivity index (χ3v) is 4.30. The molecule has 1 saturated heterocycles. The van der Waals surface area contributed by atoms with Gasteiger partial charge in [-0.15, -0.1) is 0 Å². The van der Waals surface area contributed by atoms with Crippen LogP contribution in [0.1, 0.15) is 42.1 Å². The van der Waals surface area contributed by atoms with E-state index in [1.165, 1.54) is 22.3 Å². The van der Waals surface area contributed by atoms with Gasteiger partial charge >= 0.3 is 0 Å². The van der Waals surface area contributed by atoms with Gasteiger partial charge in [0.25, 0.3) is 0 Å². The Morgan fingerprint density at radius 3 is 2.52 bits per heavy atom. The average Bonchev–Trinajstić information content (AvgIpc) is 2.37. The zero-order valence-corrected chi connectivity index (χ0v) is 14.2. The quantitative estimate of drug-likeness (QED) is 0.902. The van der Waals surface area contributed by atoms with Gasteiger partial charge in [-0.25, -0.2) is 0 Å². The monoisotopic (exact) mass is 290 g/mol. The van der Waals surface area contributed by atoms with Crippen LogP contribution >= 0.6 is 0 Å². The summed E-state index contributed by atoms with van der Waals surface area (Å²) < 4.78 is 5.66. The minimum atomic E-state index is 0.348. The van der Waals surface area contributed by atoms with Crippen LogP contribution in [-0.2, 0) is 4.74 Å². The molecule has 0 spiro atoms. The number of hydrogen-bond donors (Lipinski definition) is 1. The standard InChI is InChI=1S/C18H30N2O/c1-6-19-17(12-20-7-8-21-16(5)11-20)18-14(3)9-13(2)10-15(18)4/h9-10,16-17,19H,6-8,11-12H2,1-5H3. The molecule has 0 radical (unpaired) electrons. The van der Waals surface area contributed by atoms with Crippen LogP contribution in [0, 0.1) is 20.8 Å². The third kappa shape index (κ3) is 4.29. The molecule has 2 atom stereocenters. The van der Waals surface area contributed by atoms with Crippen LogP contribution in [0.25, 0.3) is 0 Å². The molecule has 2 unspecified atom stereocenters. The lowest BCUT2D eigenvalue weighted by atomic mass is 9.93. The fourth-order valence-corrected chi connectivity index (χ4v) is 3.56. The highest BCUT2D eigenvalue weighted by molar-refractivity contribution is 5.39. The summed E-state index contributed by atoms with van der Waals surface area (Å²) in [6.45, 7) is 16.0. The van der Waals surface area contributed by atoms with Crippen molar-refractivity contribution in [3.05, 3.63) is 34.4 Å². The number of likely N-dealkylation sites (N-methyl/N-ethyl adjacent to an activating group) is 1. The predicted molar refractivity (Wildman–Crippen MR) is 88.9 cm³/mol. The van der Waals surface area contributed by atoms with Crippen LogP contribution in [0.15, 0.2) is 12.1 Å². The normalized spacial score (nSPS) is 21.5. The van der Waals surface area contributed by atoms with Crippen molar-refractivity contribution in [3.8, 4) is 0 Å².